The monoisotopic (exact) mass is 365 g/mol. The van der Waals surface area contributed by atoms with Gasteiger partial charge in [0.1, 0.15) is 0 Å². The molecule has 1 N–H and O–H groups in total. The molecule has 0 aliphatic carbocycles. The lowest BCUT2D eigenvalue weighted by Gasteiger charge is -2.30. The number of aryl methyl sites for hydroxylation is 1. The van der Waals surface area contributed by atoms with E-state index in [2.05, 4.69) is 33.3 Å². The van der Waals surface area contributed by atoms with Crippen molar-refractivity contribution in [2.24, 2.45) is 0 Å². The molecule has 5 nitrogen and oxygen atoms in total. The second-order valence-electron chi connectivity index (χ2n) is 7.32. The lowest BCUT2D eigenvalue weighted by Crippen LogP contribution is -2.36. The van der Waals surface area contributed by atoms with Gasteiger partial charge in [-0.1, -0.05) is 17.7 Å². The Bertz CT molecular complexity index is 792. The zero-order chi connectivity index (χ0) is 18.6. The lowest BCUT2D eigenvalue weighted by molar-refractivity contribution is 0.102. The van der Waals surface area contributed by atoms with Crippen LogP contribution in [0.4, 0.5) is 17.1 Å². The summed E-state index contributed by atoms with van der Waals surface area (Å²) in [6, 6.07) is 14.1. The van der Waals surface area contributed by atoms with E-state index in [1.54, 1.807) is 0 Å². The number of hydrogen-bond acceptors (Lipinski definition) is 4. The smallest absolute Gasteiger partial charge is 0.255 e. The molecule has 0 atom stereocenters. The summed E-state index contributed by atoms with van der Waals surface area (Å²) < 4.78 is 5.47. The summed E-state index contributed by atoms with van der Waals surface area (Å²) >= 11 is 0. The van der Waals surface area contributed by atoms with Crippen molar-refractivity contribution in [2.45, 2.75) is 19.8 Å². The summed E-state index contributed by atoms with van der Waals surface area (Å²) in [5, 5.41) is 3.16. The minimum atomic E-state index is -0.0606. The molecule has 2 saturated heterocycles. The van der Waals surface area contributed by atoms with Gasteiger partial charge in [-0.05, 0) is 50.1 Å². The minimum absolute atomic E-state index is 0.0606. The highest BCUT2D eigenvalue weighted by Gasteiger charge is 2.20. The number of morpholine rings is 1. The third kappa shape index (κ3) is 4.08. The Morgan fingerprint density at radius 2 is 1.63 bits per heavy atom. The Morgan fingerprint density at radius 1 is 0.926 bits per heavy atom. The topological polar surface area (TPSA) is 44.8 Å². The maximum absolute atomic E-state index is 12.8. The molecule has 2 aromatic carbocycles. The van der Waals surface area contributed by atoms with Crippen molar-refractivity contribution in [1.82, 2.24) is 0 Å². The number of carbonyl (C=O) groups excluding carboxylic acids is 1. The molecular weight excluding hydrogens is 338 g/mol. The van der Waals surface area contributed by atoms with Crippen LogP contribution in [0.25, 0.3) is 0 Å². The highest BCUT2D eigenvalue weighted by atomic mass is 16.5. The Balaban J connectivity index is 1.62. The van der Waals surface area contributed by atoms with Crippen molar-refractivity contribution in [1.29, 1.82) is 0 Å². The van der Waals surface area contributed by atoms with Gasteiger partial charge >= 0.3 is 0 Å². The predicted octanol–water partition coefficient (Wildman–Crippen LogP) is 3.68. The van der Waals surface area contributed by atoms with E-state index in [9.17, 15) is 4.79 Å². The number of anilines is 3. The van der Waals surface area contributed by atoms with Crippen molar-refractivity contribution in [2.75, 3.05) is 54.5 Å². The number of amides is 1. The average Bonchev–Trinajstić information content (AvgIpc) is 3.24. The van der Waals surface area contributed by atoms with Crippen LogP contribution < -0.4 is 15.1 Å². The zero-order valence-electron chi connectivity index (χ0n) is 15.9. The van der Waals surface area contributed by atoms with Crippen LogP contribution in [0.2, 0.25) is 0 Å². The number of carbonyl (C=O) groups is 1. The highest BCUT2D eigenvalue weighted by molar-refractivity contribution is 6.06. The van der Waals surface area contributed by atoms with Crippen molar-refractivity contribution in [3.63, 3.8) is 0 Å². The van der Waals surface area contributed by atoms with E-state index in [-0.39, 0.29) is 5.91 Å². The van der Waals surface area contributed by atoms with Crippen LogP contribution in [-0.2, 0) is 4.74 Å². The molecule has 0 spiro atoms. The van der Waals surface area contributed by atoms with Crippen molar-refractivity contribution in [3.05, 3.63) is 53.6 Å². The van der Waals surface area contributed by atoms with E-state index < -0.39 is 0 Å². The Hall–Kier alpha value is -2.53. The zero-order valence-corrected chi connectivity index (χ0v) is 15.9. The van der Waals surface area contributed by atoms with Crippen LogP contribution in [-0.4, -0.2) is 45.3 Å². The summed E-state index contributed by atoms with van der Waals surface area (Å²) in [5.74, 6) is -0.0606. The Morgan fingerprint density at radius 3 is 2.33 bits per heavy atom. The Kier molecular flexibility index (Phi) is 5.30. The van der Waals surface area contributed by atoms with Crippen LogP contribution in [0.15, 0.2) is 42.5 Å². The fourth-order valence-electron chi connectivity index (χ4n) is 3.78. The molecule has 0 saturated carbocycles. The number of hydrogen-bond donors (Lipinski definition) is 1. The fraction of sp³-hybridized carbons (Fsp3) is 0.409. The summed E-state index contributed by atoms with van der Waals surface area (Å²) in [5.41, 5.74) is 4.99. The maximum Gasteiger partial charge on any atom is 0.255 e. The van der Waals surface area contributed by atoms with E-state index in [4.69, 9.17) is 4.74 Å². The molecule has 142 valence electrons. The number of rotatable bonds is 4. The first-order valence-corrected chi connectivity index (χ1v) is 9.80. The standard InChI is InChI=1S/C22H27N3O2/c1-17-4-6-18(7-5-17)22(26)23-20-16-19(24-12-14-27-15-13-24)8-9-21(20)25-10-2-3-11-25/h4-9,16H,2-3,10-15H2,1H3,(H,23,26). The molecule has 2 fully saturated rings. The van der Waals surface area contributed by atoms with Gasteiger partial charge in [0.15, 0.2) is 0 Å². The molecule has 5 heteroatoms. The summed E-state index contributed by atoms with van der Waals surface area (Å²) in [4.78, 5) is 17.5. The average molecular weight is 365 g/mol. The number of benzene rings is 2. The van der Waals surface area contributed by atoms with Gasteiger partial charge in [0.25, 0.3) is 5.91 Å². The van der Waals surface area contributed by atoms with Crippen LogP contribution in [0.1, 0.15) is 28.8 Å². The molecule has 1 amide bonds. The first-order valence-electron chi connectivity index (χ1n) is 9.80. The molecule has 2 aliphatic heterocycles. The molecule has 0 radical (unpaired) electrons. The van der Waals surface area contributed by atoms with E-state index in [0.717, 1.165) is 62.0 Å². The maximum atomic E-state index is 12.8. The quantitative estimate of drug-likeness (QED) is 0.898. The van der Waals surface area contributed by atoms with Gasteiger partial charge < -0.3 is 19.9 Å². The van der Waals surface area contributed by atoms with Gasteiger partial charge in [0.2, 0.25) is 0 Å². The van der Waals surface area contributed by atoms with Crippen LogP contribution in [0, 0.1) is 6.92 Å². The fourth-order valence-corrected chi connectivity index (χ4v) is 3.78. The van der Waals surface area contributed by atoms with Crippen molar-refractivity contribution >= 4 is 23.0 Å². The highest BCUT2D eigenvalue weighted by Crippen LogP contribution is 2.33. The van der Waals surface area contributed by atoms with Gasteiger partial charge in [-0.3, -0.25) is 4.79 Å². The molecule has 0 unspecified atom stereocenters. The number of nitrogens with one attached hydrogen (secondary N) is 1. The molecule has 2 aromatic rings. The van der Waals surface area contributed by atoms with Gasteiger partial charge in [-0.2, -0.15) is 0 Å². The molecule has 2 heterocycles. The van der Waals surface area contributed by atoms with Crippen LogP contribution >= 0.6 is 0 Å². The number of nitrogens with zero attached hydrogens (tertiary/aromatic N) is 2. The summed E-state index contributed by atoms with van der Waals surface area (Å²) in [6.07, 6.45) is 2.41. The molecule has 4 rings (SSSR count). The second-order valence-corrected chi connectivity index (χ2v) is 7.32. The summed E-state index contributed by atoms with van der Waals surface area (Å²) in [7, 11) is 0. The van der Waals surface area contributed by atoms with Gasteiger partial charge in [0, 0.05) is 37.4 Å². The Labute approximate surface area is 160 Å². The molecule has 0 bridgehead atoms. The molecule has 27 heavy (non-hydrogen) atoms. The first kappa shape index (κ1) is 17.9. The first-order chi connectivity index (χ1) is 13.2. The number of ether oxygens (including phenoxy) is 1. The molecular formula is C22H27N3O2. The molecule has 0 aromatic heterocycles. The van der Waals surface area contributed by atoms with E-state index in [1.807, 2.05) is 31.2 Å². The van der Waals surface area contributed by atoms with Gasteiger partial charge in [-0.25, -0.2) is 0 Å². The normalized spacial score (nSPS) is 17.2. The van der Waals surface area contributed by atoms with E-state index in [1.165, 1.54) is 12.8 Å². The van der Waals surface area contributed by atoms with Gasteiger partial charge in [0.05, 0.1) is 24.6 Å². The molecule has 2 aliphatic rings. The third-order valence-corrected chi connectivity index (χ3v) is 5.37. The predicted molar refractivity (Wildman–Crippen MR) is 110 cm³/mol. The van der Waals surface area contributed by atoms with Crippen molar-refractivity contribution in [3.8, 4) is 0 Å². The second kappa shape index (κ2) is 8.01. The van der Waals surface area contributed by atoms with E-state index in [0.29, 0.717) is 5.56 Å². The largest absolute Gasteiger partial charge is 0.378 e. The summed E-state index contributed by atoms with van der Waals surface area (Å²) in [6.45, 7) is 7.38. The van der Waals surface area contributed by atoms with Gasteiger partial charge in [-0.15, -0.1) is 0 Å². The minimum Gasteiger partial charge on any atom is -0.378 e. The van der Waals surface area contributed by atoms with E-state index >= 15 is 0 Å². The van der Waals surface area contributed by atoms with Crippen molar-refractivity contribution < 1.29 is 9.53 Å². The van der Waals surface area contributed by atoms with Crippen LogP contribution in [0.3, 0.4) is 0 Å². The SMILES string of the molecule is Cc1ccc(C(=O)Nc2cc(N3CCOCC3)ccc2N2CCCC2)cc1. The van der Waals surface area contributed by atoms with Crippen LogP contribution in [0.5, 0.6) is 0 Å². The lowest BCUT2D eigenvalue weighted by atomic mass is 10.1. The third-order valence-electron chi connectivity index (χ3n) is 5.37.